The number of nitrogens with one attached hydrogen (secondary N) is 5. The van der Waals surface area contributed by atoms with Crippen LogP contribution in [0.4, 0.5) is 23.3 Å². The lowest BCUT2D eigenvalue weighted by Gasteiger charge is -2.19. The van der Waals surface area contributed by atoms with Crippen LogP contribution in [-0.4, -0.2) is 38.4 Å². The Morgan fingerprint density at radius 1 is 1.15 bits per heavy atom. The minimum absolute atomic E-state index is 0.00424. The molecule has 5 N–H and O–H groups in total. The lowest BCUT2D eigenvalue weighted by molar-refractivity contribution is 0.0943. The highest BCUT2D eigenvalue weighted by molar-refractivity contribution is 5.99. The van der Waals surface area contributed by atoms with Crippen LogP contribution in [0.25, 0.3) is 0 Å². The molecular formula is C24H32N8O. The van der Waals surface area contributed by atoms with Crippen LogP contribution in [0.3, 0.4) is 0 Å². The van der Waals surface area contributed by atoms with Crippen LogP contribution in [0.5, 0.6) is 0 Å². The molecular weight excluding hydrogens is 416 g/mol. The second-order valence-corrected chi connectivity index (χ2v) is 9.63. The van der Waals surface area contributed by atoms with Gasteiger partial charge in [0.2, 0.25) is 5.95 Å². The summed E-state index contributed by atoms with van der Waals surface area (Å²) in [4.78, 5) is 29.7. The van der Waals surface area contributed by atoms with Crippen LogP contribution in [0, 0.1) is 0 Å². The molecule has 0 radical (unpaired) electrons. The Morgan fingerprint density at radius 2 is 1.97 bits per heavy atom. The minimum Gasteiger partial charge on any atom is -0.350 e. The molecule has 1 aliphatic rings. The number of anilines is 4. The smallest absolute Gasteiger partial charge is 0.256 e. The predicted octanol–water partition coefficient (Wildman–Crippen LogP) is 3.77. The van der Waals surface area contributed by atoms with Crippen molar-refractivity contribution in [3.8, 4) is 0 Å². The van der Waals surface area contributed by atoms with E-state index in [-0.39, 0.29) is 17.4 Å². The van der Waals surface area contributed by atoms with Crippen molar-refractivity contribution >= 4 is 29.2 Å². The number of pyridine rings is 1. The van der Waals surface area contributed by atoms with Crippen molar-refractivity contribution in [1.29, 1.82) is 0 Å². The number of amides is 1. The highest BCUT2D eigenvalue weighted by atomic mass is 16.1. The van der Waals surface area contributed by atoms with E-state index in [9.17, 15) is 4.79 Å². The van der Waals surface area contributed by atoms with Gasteiger partial charge in [-0.2, -0.15) is 4.98 Å². The summed E-state index contributed by atoms with van der Waals surface area (Å²) < 4.78 is 0. The lowest BCUT2D eigenvalue weighted by atomic mass is 9.91. The van der Waals surface area contributed by atoms with Crippen molar-refractivity contribution in [2.75, 3.05) is 17.2 Å². The van der Waals surface area contributed by atoms with Crippen molar-refractivity contribution < 1.29 is 4.79 Å². The molecule has 0 unspecified atom stereocenters. The second-order valence-electron chi connectivity index (χ2n) is 9.63. The molecule has 0 fully saturated rings. The number of carbonyl (C=O) groups excluding carboxylic acids is 1. The maximum atomic E-state index is 12.8. The second kappa shape index (κ2) is 9.19. The molecule has 1 amide bonds. The van der Waals surface area contributed by atoms with E-state index in [2.05, 4.69) is 68.0 Å². The number of aromatic nitrogens is 4. The van der Waals surface area contributed by atoms with Crippen LogP contribution in [0.2, 0.25) is 0 Å². The molecule has 3 aromatic heterocycles. The van der Waals surface area contributed by atoms with E-state index in [1.165, 1.54) is 11.3 Å². The van der Waals surface area contributed by atoms with Gasteiger partial charge in [-0.3, -0.25) is 9.78 Å². The third-order valence-corrected chi connectivity index (χ3v) is 5.35. The Hall–Kier alpha value is -3.46. The molecule has 0 saturated heterocycles. The molecule has 4 rings (SSSR count). The van der Waals surface area contributed by atoms with E-state index >= 15 is 0 Å². The van der Waals surface area contributed by atoms with Gasteiger partial charge in [-0.15, -0.1) is 0 Å². The Balaban J connectivity index is 1.65. The Morgan fingerprint density at radius 3 is 2.70 bits per heavy atom. The predicted molar refractivity (Wildman–Crippen MR) is 130 cm³/mol. The van der Waals surface area contributed by atoms with Gasteiger partial charge in [0.1, 0.15) is 17.2 Å². The highest BCUT2D eigenvalue weighted by Crippen LogP contribution is 2.26. The molecule has 0 spiro atoms. The van der Waals surface area contributed by atoms with Gasteiger partial charge in [0.25, 0.3) is 5.91 Å². The van der Waals surface area contributed by atoms with E-state index in [1.807, 2.05) is 26.0 Å². The van der Waals surface area contributed by atoms with E-state index in [4.69, 9.17) is 0 Å². The maximum Gasteiger partial charge on any atom is 0.256 e. The van der Waals surface area contributed by atoms with Gasteiger partial charge in [0.05, 0.1) is 0 Å². The van der Waals surface area contributed by atoms with Gasteiger partial charge in [0, 0.05) is 60.4 Å². The standard InChI is InChI=1S/C24H32N8O/c1-14(2)28-22(33)17-13-27-23(31-20-10-15-12-25-8-7-18(15)30-20)32-21(17)29-16-6-9-26-19(11-16)24(3,4)5/h6,9-11,13-14,25,30H,7-8,12H2,1-5H3,(H,28,33)(H2,26,27,29,31,32). The zero-order chi connectivity index (χ0) is 23.6. The van der Waals surface area contributed by atoms with Gasteiger partial charge in [-0.25, -0.2) is 4.98 Å². The number of hydrogen-bond acceptors (Lipinski definition) is 7. The Kier molecular flexibility index (Phi) is 6.33. The van der Waals surface area contributed by atoms with Crippen molar-refractivity contribution in [3.05, 3.63) is 53.1 Å². The number of H-pyrrole nitrogens is 1. The molecule has 0 atom stereocenters. The van der Waals surface area contributed by atoms with Crippen molar-refractivity contribution in [2.24, 2.45) is 0 Å². The van der Waals surface area contributed by atoms with Crippen LogP contribution in [0.1, 0.15) is 61.9 Å². The number of rotatable bonds is 6. The summed E-state index contributed by atoms with van der Waals surface area (Å²) in [6, 6.07) is 5.90. The summed E-state index contributed by atoms with van der Waals surface area (Å²) in [5, 5.41) is 12.8. The SMILES string of the molecule is CC(C)NC(=O)c1cnc(Nc2cc3c([nH]2)CCNC3)nc1Nc1ccnc(C(C)(C)C)c1. The fourth-order valence-electron chi connectivity index (χ4n) is 3.64. The van der Waals surface area contributed by atoms with Gasteiger partial charge in [-0.05, 0) is 37.6 Å². The summed E-state index contributed by atoms with van der Waals surface area (Å²) in [5.74, 6) is 1.42. The highest BCUT2D eigenvalue weighted by Gasteiger charge is 2.19. The zero-order valence-corrected chi connectivity index (χ0v) is 19.8. The van der Waals surface area contributed by atoms with Gasteiger partial charge >= 0.3 is 0 Å². The van der Waals surface area contributed by atoms with E-state index in [0.29, 0.717) is 17.3 Å². The zero-order valence-electron chi connectivity index (χ0n) is 19.8. The molecule has 33 heavy (non-hydrogen) atoms. The fraction of sp³-hybridized carbons (Fsp3) is 0.417. The topological polar surface area (TPSA) is 120 Å². The first-order chi connectivity index (χ1) is 15.7. The van der Waals surface area contributed by atoms with Crippen molar-refractivity contribution in [3.63, 3.8) is 0 Å². The molecule has 0 bridgehead atoms. The van der Waals surface area contributed by atoms with Crippen LogP contribution >= 0.6 is 0 Å². The van der Waals surface area contributed by atoms with E-state index < -0.39 is 0 Å². The number of hydrogen-bond donors (Lipinski definition) is 5. The Labute approximate surface area is 194 Å². The monoisotopic (exact) mass is 448 g/mol. The number of carbonyl (C=O) groups is 1. The summed E-state index contributed by atoms with van der Waals surface area (Å²) in [6.45, 7) is 12.0. The molecule has 9 heteroatoms. The van der Waals surface area contributed by atoms with E-state index in [0.717, 1.165) is 36.7 Å². The molecule has 4 heterocycles. The molecule has 174 valence electrons. The van der Waals surface area contributed by atoms with Crippen LogP contribution in [-0.2, 0) is 18.4 Å². The first kappa shape index (κ1) is 22.7. The van der Waals surface area contributed by atoms with Crippen LogP contribution in [0.15, 0.2) is 30.6 Å². The first-order valence-corrected chi connectivity index (χ1v) is 11.3. The van der Waals surface area contributed by atoms with Gasteiger partial charge in [-0.1, -0.05) is 20.8 Å². The lowest BCUT2D eigenvalue weighted by Crippen LogP contribution is -2.31. The normalized spacial score (nSPS) is 13.5. The van der Waals surface area contributed by atoms with Gasteiger partial charge < -0.3 is 26.3 Å². The van der Waals surface area contributed by atoms with Gasteiger partial charge in [0.15, 0.2) is 0 Å². The third kappa shape index (κ3) is 5.48. The minimum atomic E-state index is -0.231. The molecule has 0 saturated carbocycles. The summed E-state index contributed by atoms with van der Waals surface area (Å²) in [6.07, 6.45) is 4.26. The first-order valence-electron chi connectivity index (χ1n) is 11.3. The number of nitrogens with zero attached hydrogens (tertiary/aromatic N) is 3. The van der Waals surface area contributed by atoms with Crippen LogP contribution < -0.4 is 21.3 Å². The molecule has 1 aliphatic heterocycles. The molecule has 0 aliphatic carbocycles. The molecule has 9 nitrogen and oxygen atoms in total. The number of fused-ring (bicyclic) bond motifs is 1. The third-order valence-electron chi connectivity index (χ3n) is 5.35. The average Bonchev–Trinajstić information content (AvgIpc) is 3.15. The maximum absolute atomic E-state index is 12.8. The molecule has 3 aromatic rings. The average molecular weight is 449 g/mol. The fourth-order valence-corrected chi connectivity index (χ4v) is 3.64. The van der Waals surface area contributed by atoms with E-state index in [1.54, 1.807) is 12.4 Å². The molecule has 0 aromatic carbocycles. The summed E-state index contributed by atoms with van der Waals surface area (Å²) in [5.41, 5.74) is 4.47. The summed E-state index contributed by atoms with van der Waals surface area (Å²) in [7, 11) is 0. The quantitative estimate of drug-likeness (QED) is 0.389. The Bertz CT molecular complexity index is 1120. The number of aromatic amines is 1. The van der Waals surface area contributed by atoms with Crippen molar-refractivity contribution in [2.45, 2.75) is 59.0 Å². The largest absolute Gasteiger partial charge is 0.350 e. The summed E-state index contributed by atoms with van der Waals surface area (Å²) >= 11 is 0. The van der Waals surface area contributed by atoms with Crippen molar-refractivity contribution in [1.82, 2.24) is 30.6 Å².